The van der Waals surface area contributed by atoms with Crippen LogP contribution in [-0.2, 0) is 20.7 Å². The quantitative estimate of drug-likeness (QED) is 0.521. The number of esters is 1. The van der Waals surface area contributed by atoms with Crippen LogP contribution in [0.2, 0.25) is 0 Å². The van der Waals surface area contributed by atoms with Crippen molar-refractivity contribution < 1.29 is 23.5 Å². The average molecular weight is 463 g/mol. The molecule has 3 aromatic rings. The fraction of sp³-hybridized carbons (Fsp3) is 0.296. The first-order valence-corrected chi connectivity index (χ1v) is 11.1. The van der Waals surface area contributed by atoms with Gasteiger partial charge in [-0.15, -0.1) is 0 Å². The van der Waals surface area contributed by atoms with Gasteiger partial charge in [-0.3, -0.25) is 4.98 Å². The number of nitrogens with one attached hydrogen (secondary N) is 1. The minimum absolute atomic E-state index is 0.0177. The molecule has 2 aromatic carbocycles. The summed E-state index contributed by atoms with van der Waals surface area (Å²) < 4.78 is 24.6. The minimum Gasteiger partial charge on any atom is -0.458 e. The van der Waals surface area contributed by atoms with Crippen molar-refractivity contribution in [2.45, 2.75) is 44.8 Å². The summed E-state index contributed by atoms with van der Waals surface area (Å²) in [5, 5.41) is 2.59. The molecule has 1 amide bonds. The summed E-state index contributed by atoms with van der Waals surface area (Å²) in [7, 11) is 0. The number of hydrogen-bond acceptors (Lipinski definition) is 5. The Balaban J connectivity index is 1.47. The van der Waals surface area contributed by atoms with Crippen LogP contribution in [0.3, 0.4) is 0 Å². The average Bonchev–Trinajstić information content (AvgIpc) is 3.10. The highest BCUT2D eigenvalue weighted by atomic mass is 19.1. The molecule has 6 nitrogen and oxygen atoms in total. The van der Waals surface area contributed by atoms with E-state index < -0.39 is 29.5 Å². The Hall–Kier alpha value is -3.74. The van der Waals surface area contributed by atoms with Crippen LogP contribution < -0.4 is 5.32 Å². The van der Waals surface area contributed by atoms with Gasteiger partial charge >= 0.3 is 12.1 Å². The maximum absolute atomic E-state index is 13.6. The van der Waals surface area contributed by atoms with Crippen LogP contribution in [-0.4, -0.2) is 35.3 Å². The van der Waals surface area contributed by atoms with Crippen molar-refractivity contribution in [3.8, 4) is 11.1 Å². The fourth-order valence-electron chi connectivity index (χ4n) is 4.15. The van der Waals surface area contributed by atoms with E-state index in [2.05, 4.69) is 22.4 Å². The molecule has 1 atom stereocenters. The van der Waals surface area contributed by atoms with Crippen LogP contribution in [0.4, 0.5) is 9.18 Å². The number of aromatic nitrogens is 1. The van der Waals surface area contributed by atoms with E-state index in [0.717, 1.165) is 28.5 Å². The Morgan fingerprint density at radius 1 is 1.03 bits per heavy atom. The van der Waals surface area contributed by atoms with Gasteiger partial charge in [0.1, 0.15) is 24.1 Å². The van der Waals surface area contributed by atoms with Crippen molar-refractivity contribution in [3.63, 3.8) is 0 Å². The van der Waals surface area contributed by atoms with E-state index in [0.29, 0.717) is 5.56 Å². The molecule has 1 unspecified atom stereocenters. The van der Waals surface area contributed by atoms with E-state index in [1.54, 1.807) is 20.8 Å². The highest BCUT2D eigenvalue weighted by Crippen LogP contribution is 2.44. The summed E-state index contributed by atoms with van der Waals surface area (Å²) in [6.07, 6.45) is 1.79. The number of nitrogens with zero attached hydrogens (tertiary/aromatic N) is 1. The number of ether oxygens (including phenoxy) is 2. The molecule has 4 rings (SSSR count). The van der Waals surface area contributed by atoms with Gasteiger partial charge in [0.05, 0.1) is 6.20 Å². The van der Waals surface area contributed by atoms with Gasteiger partial charge in [0.2, 0.25) is 0 Å². The van der Waals surface area contributed by atoms with Crippen LogP contribution >= 0.6 is 0 Å². The fourth-order valence-corrected chi connectivity index (χ4v) is 4.15. The van der Waals surface area contributed by atoms with Crippen molar-refractivity contribution in [2.75, 3.05) is 6.61 Å². The second kappa shape index (κ2) is 9.63. The van der Waals surface area contributed by atoms with Gasteiger partial charge in [0.15, 0.2) is 0 Å². The zero-order valence-electron chi connectivity index (χ0n) is 19.4. The molecule has 0 saturated carbocycles. The standard InChI is InChI=1S/C27H27FN2O4/c1-27(2,3)34-25(31)24(13-17-12-18(28)15-29-14-17)30-26(32)33-16-23-21-10-6-4-8-19(21)20-9-5-7-11-22(20)23/h4-12,14-15,23-24H,13,16H2,1-3H3,(H,30,32). The van der Waals surface area contributed by atoms with Gasteiger partial charge in [-0.2, -0.15) is 0 Å². The van der Waals surface area contributed by atoms with Gasteiger partial charge in [0, 0.05) is 18.5 Å². The van der Waals surface area contributed by atoms with Gasteiger partial charge in [-0.05, 0) is 54.7 Å². The molecule has 0 fully saturated rings. The Bertz CT molecular complexity index is 1160. The first-order valence-electron chi connectivity index (χ1n) is 11.1. The molecule has 0 aliphatic heterocycles. The highest BCUT2D eigenvalue weighted by Gasteiger charge is 2.31. The molecule has 1 aliphatic rings. The molecule has 0 spiro atoms. The van der Waals surface area contributed by atoms with Crippen LogP contribution in [0.15, 0.2) is 67.0 Å². The number of fused-ring (bicyclic) bond motifs is 3. The summed E-state index contributed by atoms with van der Waals surface area (Å²) in [5.74, 6) is -1.27. The number of rotatable bonds is 6. The van der Waals surface area contributed by atoms with E-state index in [4.69, 9.17) is 9.47 Å². The lowest BCUT2D eigenvalue weighted by molar-refractivity contribution is -0.157. The van der Waals surface area contributed by atoms with Crippen molar-refractivity contribution in [2.24, 2.45) is 0 Å². The maximum atomic E-state index is 13.6. The van der Waals surface area contributed by atoms with Crippen molar-refractivity contribution in [1.29, 1.82) is 0 Å². The number of hydrogen-bond donors (Lipinski definition) is 1. The second-order valence-corrected chi connectivity index (χ2v) is 9.27. The van der Waals surface area contributed by atoms with Gasteiger partial charge in [-0.25, -0.2) is 14.0 Å². The first kappa shape index (κ1) is 23.4. The number of halogens is 1. The second-order valence-electron chi connectivity index (χ2n) is 9.27. The van der Waals surface area contributed by atoms with E-state index in [-0.39, 0.29) is 18.9 Å². The van der Waals surface area contributed by atoms with Gasteiger partial charge in [0.25, 0.3) is 0 Å². The van der Waals surface area contributed by atoms with E-state index >= 15 is 0 Å². The Morgan fingerprint density at radius 2 is 1.65 bits per heavy atom. The molecule has 0 saturated heterocycles. The number of benzene rings is 2. The molecule has 1 N–H and O–H groups in total. The van der Waals surface area contributed by atoms with Crippen LogP contribution in [0.25, 0.3) is 11.1 Å². The van der Waals surface area contributed by atoms with Crippen molar-refractivity contribution in [1.82, 2.24) is 10.3 Å². The summed E-state index contributed by atoms with van der Waals surface area (Å²) in [4.78, 5) is 29.3. The third-order valence-corrected chi connectivity index (χ3v) is 5.53. The third-order valence-electron chi connectivity index (χ3n) is 5.53. The lowest BCUT2D eigenvalue weighted by atomic mass is 9.98. The number of amides is 1. The normalized spacial score (nSPS) is 13.5. The topological polar surface area (TPSA) is 77.5 Å². The highest BCUT2D eigenvalue weighted by molar-refractivity contribution is 5.82. The van der Waals surface area contributed by atoms with Crippen molar-refractivity contribution in [3.05, 3.63) is 89.5 Å². The predicted octanol–water partition coefficient (Wildman–Crippen LogP) is 5.01. The number of carbonyl (C=O) groups is 2. The lowest BCUT2D eigenvalue weighted by Crippen LogP contribution is -2.46. The molecule has 1 heterocycles. The summed E-state index contributed by atoms with van der Waals surface area (Å²) in [6.45, 7) is 5.32. The molecule has 7 heteroatoms. The number of pyridine rings is 1. The van der Waals surface area contributed by atoms with Crippen LogP contribution in [0.5, 0.6) is 0 Å². The SMILES string of the molecule is CC(C)(C)OC(=O)C(Cc1cncc(F)c1)NC(=O)OCC1c2ccccc2-c2ccccc21. The zero-order chi connectivity index (χ0) is 24.3. The Kier molecular flexibility index (Phi) is 6.63. The Labute approximate surface area is 198 Å². The molecule has 0 radical (unpaired) electrons. The third kappa shape index (κ3) is 5.42. The van der Waals surface area contributed by atoms with E-state index in [9.17, 15) is 14.0 Å². The maximum Gasteiger partial charge on any atom is 0.407 e. The number of carbonyl (C=O) groups excluding carboxylic acids is 2. The number of alkyl carbamates (subject to hydrolysis) is 1. The van der Waals surface area contributed by atoms with E-state index in [1.165, 1.54) is 12.3 Å². The monoisotopic (exact) mass is 462 g/mol. The smallest absolute Gasteiger partial charge is 0.407 e. The summed E-state index contributed by atoms with van der Waals surface area (Å²) in [5.41, 5.74) is 4.12. The minimum atomic E-state index is -1.06. The predicted molar refractivity (Wildman–Crippen MR) is 126 cm³/mol. The molecule has 0 bridgehead atoms. The van der Waals surface area contributed by atoms with E-state index in [1.807, 2.05) is 36.4 Å². The lowest BCUT2D eigenvalue weighted by Gasteiger charge is -2.24. The molecule has 176 valence electrons. The largest absolute Gasteiger partial charge is 0.458 e. The molecule has 1 aliphatic carbocycles. The molecule has 34 heavy (non-hydrogen) atoms. The van der Waals surface area contributed by atoms with Gasteiger partial charge < -0.3 is 14.8 Å². The van der Waals surface area contributed by atoms with Crippen molar-refractivity contribution >= 4 is 12.1 Å². The zero-order valence-corrected chi connectivity index (χ0v) is 19.4. The Morgan fingerprint density at radius 3 is 2.24 bits per heavy atom. The van der Waals surface area contributed by atoms with Crippen LogP contribution in [0, 0.1) is 5.82 Å². The summed E-state index contributed by atoms with van der Waals surface area (Å²) >= 11 is 0. The molecular formula is C27H27FN2O4. The summed E-state index contributed by atoms with van der Waals surface area (Å²) in [6, 6.07) is 16.3. The van der Waals surface area contributed by atoms with Gasteiger partial charge in [-0.1, -0.05) is 48.5 Å². The first-order chi connectivity index (χ1) is 16.2. The van der Waals surface area contributed by atoms with Crippen LogP contribution in [0.1, 0.15) is 43.4 Å². The molecular weight excluding hydrogens is 435 g/mol. The molecule has 1 aromatic heterocycles.